The van der Waals surface area contributed by atoms with E-state index in [1.807, 2.05) is 0 Å². The average Bonchev–Trinajstić information content (AvgIpc) is 2.26. The Morgan fingerprint density at radius 1 is 1.47 bits per heavy atom. The van der Waals surface area contributed by atoms with Crippen LogP contribution in [-0.4, -0.2) is 24.1 Å². The minimum absolute atomic E-state index is 0.113. The Bertz CT molecular complexity index is 435. The van der Waals surface area contributed by atoms with Crippen LogP contribution in [-0.2, 0) is 9.53 Å². The molecule has 0 aliphatic rings. The summed E-state index contributed by atoms with van der Waals surface area (Å²) in [5, 5.41) is 10.6. The summed E-state index contributed by atoms with van der Waals surface area (Å²) in [5.74, 6) is -0.283. The molecule has 0 aliphatic carbocycles. The van der Waals surface area contributed by atoms with E-state index in [9.17, 15) is 14.9 Å². The maximum Gasteiger partial charge on any atom is 0.344 e. The third kappa shape index (κ3) is 4.39. The van der Waals surface area contributed by atoms with Gasteiger partial charge in [0.1, 0.15) is 5.75 Å². The van der Waals surface area contributed by atoms with E-state index >= 15 is 0 Å². The van der Waals surface area contributed by atoms with E-state index in [0.29, 0.717) is 4.47 Å². The largest absolute Gasteiger partial charge is 0.482 e. The van der Waals surface area contributed by atoms with Gasteiger partial charge in [-0.3, -0.25) is 10.1 Å². The summed E-state index contributed by atoms with van der Waals surface area (Å²) in [4.78, 5) is 21.1. The number of non-ortho nitro benzene ring substituents is 1. The third-order valence-electron chi connectivity index (χ3n) is 1.73. The van der Waals surface area contributed by atoms with Crippen molar-refractivity contribution in [2.45, 2.75) is 6.92 Å². The van der Waals surface area contributed by atoms with E-state index in [1.54, 1.807) is 6.92 Å². The molecule has 0 unspecified atom stereocenters. The normalized spacial score (nSPS) is 9.76. The summed E-state index contributed by atoms with van der Waals surface area (Å²) in [6, 6.07) is 4.12. The molecule has 0 aliphatic heterocycles. The van der Waals surface area contributed by atoms with Gasteiger partial charge in [-0.25, -0.2) is 4.79 Å². The van der Waals surface area contributed by atoms with E-state index in [4.69, 9.17) is 4.74 Å². The number of benzene rings is 1. The molecule has 1 rings (SSSR count). The number of hydrogen-bond acceptors (Lipinski definition) is 5. The number of nitro benzene ring substituents is 1. The molecule has 0 atom stereocenters. The first kappa shape index (κ1) is 13.4. The van der Waals surface area contributed by atoms with Crippen molar-refractivity contribution in [1.82, 2.24) is 0 Å². The van der Waals surface area contributed by atoms with Crippen molar-refractivity contribution in [2.24, 2.45) is 0 Å². The van der Waals surface area contributed by atoms with Crippen LogP contribution in [0.15, 0.2) is 22.7 Å². The van der Waals surface area contributed by atoms with Crippen LogP contribution in [0.2, 0.25) is 0 Å². The zero-order valence-corrected chi connectivity index (χ0v) is 10.6. The Balaban J connectivity index is 2.71. The highest BCUT2D eigenvalue weighted by molar-refractivity contribution is 9.10. The number of carbonyl (C=O) groups is 1. The van der Waals surface area contributed by atoms with Gasteiger partial charge in [-0.2, -0.15) is 0 Å². The highest BCUT2D eigenvalue weighted by Crippen LogP contribution is 2.26. The molecule has 0 saturated carbocycles. The molecule has 0 fully saturated rings. The Morgan fingerprint density at radius 3 is 2.76 bits per heavy atom. The van der Waals surface area contributed by atoms with Crippen molar-refractivity contribution >= 4 is 27.6 Å². The lowest BCUT2D eigenvalue weighted by atomic mass is 10.3. The smallest absolute Gasteiger partial charge is 0.344 e. The lowest BCUT2D eigenvalue weighted by molar-refractivity contribution is -0.385. The Labute approximate surface area is 106 Å². The van der Waals surface area contributed by atoms with Crippen LogP contribution in [0.3, 0.4) is 0 Å². The molecule has 0 bridgehead atoms. The molecule has 0 heterocycles. The Morgan fingerprint density at radius 2 is 2.18 bits per heavy atom. The fourth-order valence-electron chi connectivity index (χ4n) is 1.08. The summed E-state index contributed by atoms with van der Waals surface area (Å²) in [6.45, 7) is 1.67. The molecule has 0 amide bonds. The van der Waals surface area contributed by atoms with Gasteiger partial charge in [0.2, 0.25) is 0 Å². The van der Waals surface area contributed by atoms with Gasteiger partial charge in [0.25, 0.3) is 5.69 Å². The first-order valence-corrected chi connectivity index (χ1v) is 5.55. The number of nitro groups is 1. The van der Waals surface area contributed by atoms with Gasteiger partial charge in [0, 0.05) is 10.5 Å². The number of rotatable bonds is 5. The highest BCUT2D eigenvalue weighted by Gasteiger charge is 2.10. The maximum atomic E-state index is 11.0. The number of esters is 1. The van der Waals surface area contributed by atoms with E-state index < -0.39 is 10.9 Å². The molecule has 17 heavy (non-hydrogen) atoms. The number of ether oxygens (including phenoxy) is 2. The molecule has 7 heteroatoms. The number of hydrogen-bond donors (Lipinski definition) is 0. The predicted molar refractivity (Wildman–Crippen MR) is 62.9 cm³/mol. The fraction of sp³-hybridized carbons (Fsp3) is 0.300. The van der Waals surface area contributed by atoms with Crippen LogP contribution in [0.1, 0.15) is 6.92 Å². The quantitative estimate of drug-likeness (QED) is 0.474. The zero-order valence-electron chi connectivity index (χ0n) is 9.01. The van der Waals surface area contributed by atoms with Gasteiger partial charge in [0.05, 0.1) is 17.6 Å². The Hall–Kier alpha value is -1.63. The molecular weight excluding hydrogens is 294 g/mol. The second-order valence-corrected chi connectivity index (χ2v) is 3.91. The van der Waals surface area contributed by atoms with Crippen LogP contribution in [0.25, 0.3) is 0 Å². The summed E-state index contributed by atoms with van der Waals surface area (Å²) in [5.41, 5.74) is -0.113. The molecule has 1 aromatic rings. The monoisotopic (exact) mass is 303 g/mol. The average molecular weight is 304 g/mol. The van der Waals surface area contributed by atoms with Crippen molar-refractivity contribution in [2.75, 3.05) is 13.2 Å². The molecule has 0 radical (unpaired) electrons. The highest BCUT2D eigenvalue weighted by atomic mass is 79.9. The predicted octanol–water partition coefficient (Wildman–Crippen LogP) is 2.30. The minimum Gasteiger partial charge on any atom is -0.482 e. The molecule has 0 saturated heterocycles. The Kier molecular flexibility index (Phi) is 4.89. The lowest BCUT2D eigenvalue weighted by Crippen LogP contribution is -2.14. The van der Waals surface area contributed by atoms with E-state index in [-0.39, 0.29) is 24.7 Å². The summed E-state index contributed by atoms with van der Waals surface area (Å²) in [6.07, 6.45) is 0. The molecule has 92 valence electrons. The van der Waals surface area contributed by atoms with Crippen molar-refractivity contribution in [3.63, 3.8) is 0 Å². The number of halogens is 1. The van der Waals surface area contributed by atoms with Gasteiger partial charge in [-0.15, -0.1) is 0 Å². The topological polar surface area (TPSA) is 78.7 Å². The standard InChI is InChI=1S/C10H10BrNO5/c1-2-16-10(13)6-17-9-4-7(11)3-8(5-9)12(14)15/h3-5H,2,6H2,1H3. The maximum absolute atomic E-state index is 11.0. The lowest BCUT2D eigenvalue weighted by Gasteiger charge is -2.06. The number of nitrogens with zero attached hydrogens (tertiary/aromatic N) is 1. The minimum atomic E-state index is -0.540. The van der Waals surface area contributed by atoms with E-state index in [0.717, 1.165) is 0 Å². The van der Waals surface area contributed by atoms with Crippen molar-refractivity contribution < 1.29 is 19.2 Å². The SMILES string of the molecule is CCOC(=O)COc1cc(Br)cc([N+](=O)[O-])c1. The van der Waals surface area contributed by atoms with Crippen LogP contribution in [0.4, 0.5) is 5.69 Å². The molecule has 0 N–H and O–H groups in total. The van der Waals surface area contributed by atoms with Crippen LogP contribution >= 0.6 is 15.9 Å². The summed E-state index contributed by atoms with van der Waals surface area (Å²) >= 11 is 3.12. The van der Waals surface area contributed by atoms with Gasteiger partial charge >= 0.3 is 5.97 Å². The summed E-state index contributed by atoms with van der Waals surface area (Å²) < 4.78 is 10.3. The molecule has 6 nitrogen and oxygen atoms in total. The van der Waals surface area contributed by atoms with Gasteiger partial charge in [0.15, 0.2) is 6.61 Å². The molecule has 0 aromatic heterocycles. The molecular formula is C10H10BrNO5. The molecule has 0 spiro atoms. The second-order valence-electron chi connectivity index (χ2n) is 3.00. The molecule has 1 aromatic carbocycles. The van der Waals surface area contributed by atoms with Gasteiger partial charge in [-0.05, 0) is 13.0 Å². The van der Waals surface area contributed by atoms with Crippen LogP contribution < -0.4 is 4.74 Å². The van der Waals surface area contributed by atoms with Gasteiger partial charge in [-0.1, -0.05) is 15.9 Å². The number of carbonyl (C=O) groups excluding carboxylic acids is 1. The van der Waals surface area contributed by atoms with E-state index in [2.05, 4.69) is 20.7 Å². The first-order valence-electron chi connectivity index (χ1n) is 4.76. The van der Waals surface area contributed by atoms with Crippen LogP contribution in [0.5, 0.6) is 5.75 Å². The fourth-order valence-corrected chi connectivity index (χ4v) is 1.54. The van der Waals surface area contributed by atoms with Crippen molar-refractivity contribution in [1.29, 1.82) is 0 Å². The van der Waals surface area contributed by atoms with Crippen molar-refractivity contribution in [3.05, 3.63) is 32.8 Å². The summed E-state index contributed by atoms with van der Waals surface area (Å²) in [7, 11) is 0. The van der Waals surface area contributed by atoms with Gasteiger partial charge < -0.3 is 9.47 Å². The zero-order chi connectivity index (χ0) is 12.8. The van der Waals surface area contributed by atoms with Crippen molar-refractivity contribution in [3.8, 4) is 5.75 Å². The first-order chi connectivity index (χ1) is 8.02. The van der Waals surface area contributed by atoms with E-state index in [1.165, 1.54) is 18.2 Å². The second kappa shape index (κ2) is 6.19. The van der Waals surface area contributed by atoms with Crippen LogP contribution in [0, 0.1) is 10.1 Å². The third-order valence-corrected chi connectivity index (χ3v) is 2.19.